The van der Waals surface area contributed by atoms with Crippen molar-refractivity contribution in [1.82, 2.24) is 0 Å². The molecule has 0 saturated carbocycles. The van der Waals surface area contributed by atoms with E-state index in [4.69, 9.17) is 64.5 Å². The number of aliphatic hydroxyl groups excluding tert-OH is 4. The first-order valence-electron chi connectivity index (χ1n) is 34.1. The van der Waals surface area contributed by atoms with Gasteiger partial charge in [0.1, 0.15) is 88.8 Å². The van der Waals surface area contributed by atoms with Gasteiger partial charge in [0.15, 0.2) is 0 Å². The summed E-state index contributed by atoms with van der Waals surface area (Å²) < 4.78 is 0. The van der Waals surface area contributed by atoms with Gasteiger partial charge in [-0.25, -0.2) is 24.3 Å². The van der Waals surface area contributed by atoms with E-state index in [1.54, 1.807) is 0 Å². The third-order valence-corrected chi connectivity index (χ3v) is 24.8. The molecule has 0 aromatic heterocycles. The fourth-order valence-corrected chi connectivity index (χ4v) is 20.2. The Morgan fingerprint density at radius 2 is 0.264 bits per heavy atom. The van der Waals surface area contributed by atoms with Crippen LogP contribution < -0.4 is 63.7 Å². The molecule has 0 saturated heterocycles. The van der Waals surface area contributed by atoms with E-state index in [0.717, 1.165) is 0 Å². The third-order valence-electron chi connectivity index (χ3n) is 13.9. The first kappa shape index (κ1) is 104. The van der Waals surface area contributed by atoms with Crippen LogP contribution in [0.5, 0.6) is 0 Å². The van der Waals surface area contributed by atoms with Gasteiger partial charge in [0, 0.05) is 39.0 Å². The number of hydrogen-bond donors (Lipinski definition) is 8. The molecule has 8 N–H and O–H groups in total. The van der Waals surface area contributed by atoms with Gasteiger partial charge < -0.3 is 64.5 Å². The first-order chi connectivity index (χ1) is 51.7. The zero-order valence-corrected chi connectivity index (χ0v) is 72.6. The standard InChI is InChI=1S/4C18H15P.2C5H5.4C2H6O2.2CN.4Ru/c4*1-4-10-16(11-5-1)19(17-12-6-2-7-13-17)18-14-8-3-9-15-18;2*1-2-4-5-3-1;4*1-2(3)4;2*1-2;;;;/h4*1-15H;2*1-5H;4*2-4H,1H3;;;;;;/q;;;;2*-1;;;;;2*-1;;;2*+6/p+4. The van der Waals surface area contributed by atoms with Crippen LogP contribution >= 0.6 is 31.7 Å². The molecule has 14 aromatic carbocycles. The van der Waals surface area contributed by atoms with Gasteiger partial charge in [0.05, 0.1) is 31.7 Å². The molecule has 0 spiro atoms. The summed E-state index contributed by atoms with van der Waals surface area (Å²) in [5, 5.41) is 90.6. The van der Waals surface area contributed by atoms with Gasteiger partial charge >= 0.3 is 39.0 Å². The largest absolute Gasteiger partial charge is 6.00 e. The molecule has 0 amide bonds. The van der Waals surface area contributed by atoms with E-state index in [9.17, 15) is 0 Å². The summed E-state index contributed by atoms with van der Waals surface area (Å²) in [6.45, 7) is 14.6. The molecule has 14 aromatic rings. The molecule has 110 heavy (non-hydrogen) atoms. The molecular formula is C92H98N2O8P4Ru4+12. The van der Waals surface area contributed by atoms with E-state index in [-0.39, 0.29) is 77.9 Å². The Morgan fingerprint density at radius 3 is 0.318 bits per heavy atom. The molecule has 0 bridgehead atoms. The maximum atomic E-state index is 7.61. The zero-order valence-electron chi connectivity index (χ0n) is 61.6. The van der Waals surface area contributed by atoms with Gasteiger partial charge in [0.25, 0.3) is 0 Å². The van der Waals surface area contributed by atoms with Gasteiger partial charge in [-0.2, -0.15) is 36.4 Å². The second-order valence-corrected chi connectivity index (χ2v) is 32.3. The topological polar surface area (TPSA) is 209 Å². The Bertz CT molecular complexity index is 3320. The number of rotatable bonds is 12. The monoisotopic (exact) mass is 1890 g/mol. The zero-order chi connectivity index (χ0) is 77.0. The van der Waals surface area contributed by atoms with Crippen molar-refractivity contribution < 1.29 is 119 Å². The fraction of sp³-hybridized carbons (Fsp3) is 0.0870. The average molecular weight is 1890 g/mol. The van der Waals surface area contributed by atoms with Crippen LogP contribution in [0.25, 0.3) is 0 Å². The Hall–Kier alpha value is -7.79. The second kappa shape index (κ2) is 68.1. The Kier molecular flexibility index (Phi) is 64.5. The minimum absolute atomic E-state index is 0. The van der Waals surface area contributed by atoms with Crippen molar-refractivity contribution in [2.45, 2.75) is 52.9 Å². The van der Waals surface area contributed by atoms with E-state index in [0.29, 0.717) is 0 Å². The Morgan fingerprint density at radius 1 is 0.191 bits per heavy atom. The summed E-state index contributed by atoms with van der Waals surface area (Å²) in [4.78, 5) is 0. The molecular weight excluding hydrogens is 1790 g/mol. The molecule has 0 atom stereocenters. The van der Waals surface area contributed by atoms with E-state index >= 15 is 0 Å². The smallest absolute Gasteiger partial charge is 0.512 e. The number of benzene rings is 12. The second-order valence-electron chi connectivity index (χ2n) is 22.3. The maximum absolute atomic E-state index is 7.61. The summed E-state index contributed by atoms with van der Waals surface area (Å²) in [6.07, 6.45) is -4.67. The third kappa shape index (κ3) is 46.1. The van der Waals surface area contributed by atoms with Crippen molar-refractivity contribution in [3.8, 4) is 0 Å². The van der Waals surface area contributed by atoms with Crippen LogP contribution in [-0.2, 0) is 77.9 Å². The fourth-order valence-electron chi connectivity index (χ4n) is 9.90. The van der Waals surface area contributed by atoms with Crippen LogP contribution in [0.2, 0.25) is 0 Å². The maximum Gasteiger partial charge on any atom is 6.00 e. The number of hydrogen-bond acceptors (Lipinski definition) is 10. The Labute approximate surface area is 709 Å². The summed E-state index contributed by atoms with van der Waals surface area (Å²) >= 11 is 0. The number of aliphatic hydroxyl groups is 8. The van der Waals surface area contributed by atoms with Crippen molar-refractivity contribution in [1.29, 1.82) is 10.5 Å². The van der Waals surface area contributed by atoms with E-state index in [2.05, 4.69) is 364 Å². The predicted molar refractivity (Wildman–Crippen MR) is 456 cm³/mol. The summed E-state index contributed by atoms with van der Waals surface area (Å²) in [5.41, 5.74) is 0. The summed E-state index contributed by atoms with van der Waals surface area (Å²) in [7, 11) is -3.51. The van der Waals surface area contributed by atoms with Crippen LogP contribution in [0, 0.1) is 23.7 Å². The average Bonchev–Trinajstić information content (AvgIpc) is 1.82. The van der Waals surface area contributed by atoms with Crippen LogP contribution in [0.4, 0.5) is 0 Å². The quantitative estimate of drug-likeness (QED) is 0.0251. The van der Waals surface area contributed by atoms with E-state index in [1.165, 1.54) is 91.3 Å². The van der Waals surface area contributed by atoms with E-state index in [1.807, 2.05) is 60.7 Å². The molecule has 0 unspecified atom stereocenters. The van der Waals surface area contributed by atoms with Crippen LogP contribution in [0.3, 0.4) is 0 Å². The molecule has 0 fully saturated rings. The first-order valence-corrected chi connectivity index (χ1v) is 40.1. The summed E-state index contributed by atoms with van der Waals surface area (Å²) in [6, 6.07) is 150. The van der Waals surface area contributed by atoms with Crippen molar-refractivity contribution in [3.63, 3.8) is 0 Å². The van der Waals surface area contributed by atoms with Crippen LogP contribution in [0.1, 0.15) is 27.7 Å². The molecule has 0 radical (unpaired) electrons. The molecule has 0 heterocycles. The molecule has 14 rings (SSSR count). The van der Waals surface area contributed by atoms with Gasteiger partial charge in [-0.3, -0.25) is 0 Å². The molecule has 0 aliphatic heterocycles. The molecule has 0 aliphatic carbocycles. The minimum Gasteiger partial charge on any atom is -0.512 e. The van der Waals surface area contributed by atoms with Gasteiger partial charge in [-0.1, -0.05) is 218 Å². The van der Waals surface area contributed by atoms with Crippen LogP contribution in [-0.4, -0.2) is 66.0 Å². The number of nitrogens with zero attached hydrogens (tertiary/aromatic N) is 2. The van der Waals surface area contributed by atoms with E-state index < -0.39 is 56.8 Å². The van der Waals surface area contributed by atoms with Gasteiger partial charge in [0.2, 0.25) is 0 Å². The summed E-state index contributed by atoms with van der Waals surface area (Å²) in [5.74, 6) is 0. The minimum atomic E-state index is -1.17. The predicted octanol–water partition coefficient (Wildman–Crippen LogP) is 13.0. The molecule has 18 heteroatoms. The molecule has 0 aliphatic rings. The van der Waals surface area contributed by atoms with Gasteiger partial charge in [-0.15, -0.1) is 0 Å². The van der Waals surface area contributed by atoms with Crippen molar-refractivity contribution in [2.24, 2.45) is 0 Å². The molecule has 564 valence electrons. The molecule has 10 nitrogen and oxygen atoms in total. The van der Waals surface area contributed by atoms with Crippen LogP contribution in [0.15, 0.2) is 425 Å². The Balaban J connectivity index is 0. The van der Waals surface area contributed by atoms with Crippen molar-refractivity contribution in [3.05, 3.63) is 438 Å². The van der Waals surface area contributed by atoms with Crippen molar-refractivity contribution >= 4 is 95.3 Å². The van der Waals surface area contributed by atoms with Gasteiger partial charge in [-0.05, 0) is 173 Å². The van der Waals surface area contributed by atoms with Crippen molar-refractivity contribution in [2.75, 3.05) is 0 Å². The SMILES string of the molecule is CC(O)O.CC(O)O.CC(O)O.CC(O)O.[C-]#N.[C-]#N.[Ru+6].[Ru+6].[Ru].[Ru].c1cc[cH-]c1.c1cc[cH-]c1.c1ccc([PH+](c2ccccc2)c2ccccc2)cc1.c1ccc([PH+](c2ccccc2)c2ccccc2)cc1.c1ccc([PH+](c2ccccc2)c2ccccc2)cc1.c1ccc([PH+](c2ccccc2)c2ccccc2)cc1. The normalized spacial score (nSPS) is 9.38.